The van der Waals surface area contributed by atoms with E-state index >= 15 is 0 Å². The van der Waals surface area contributed by atoms with Gasteiger partial charge in [0.2, 0.25) is 0 Å². The van der Waals surface area contributed by atoms with Gasteiger partial charge in [0.05, 0.1) is 0 Å². The minimum atomic E-state index is 0.00728. The van der Waals surface area contributed by atoms with Crippen molar-refractivity contribution in [3.63, 3.8) is 0 Å². The summed E-state index contributed by atoms with van der Waals surface area (Å²) in [5.41, 5.74) is 6.57. The second-order valence-corrected chi connectivity index (χ2v) is 6.76. The maximum Gasteiger partial charge on any atom is 0.138 e. The summed E-state index contributed by atoms with van der Waals surface area (Å²) in [5.74, 6) is 1.02. The average molecular weight is 293 g/mol. The molecule has 5 nitrogen and oxygen atoms in total. The maximum absolute atomic E-state index is 6.57. The van der Waals surface area contributed by atoms with Gasteiger partial charge in [-0.15, -0.1) is 0 Å². The minimum absolute atomic E-state index is 0.00728. The van der Waals surface area contributed by atoms with Gasteiger partial charge in [-0.05, 0) is 46.2 Å². The number of rotatable bonds is 6. The lowest BCUT2D eigenvalue weighted by molar-refractivity contribution is 0.0968. The van der Waals surface area contributed by atoms with Crippen LogP contribution in [0.25, 0.3) is 0 Å². The zero-order chi connectivity index (χ0) is 15.3. The fourth-order valence-electron chi connectivity index (χ4n) is 3.17. The predicted molar refractivity (Wildman–Crippen MR) is 86.1 cm³/mol. The molecule has 21 heavy (non-hydrogen) atoms. The molecule has 0 saturated carbocycles. The summed E-state index contributed by atoms with van der Waals surface area (Å²) < 4.78 is 2.00. The lowest BCUT2D eigenvalue weighted by atomic mass is 9.90. The van der Waals surface area contributed by atoms with Crippen molar-refractivity contribution in [1.82, 2.24) is 19.7 Å². The molecule has 2 rings (SSSR count). The van der Waals surface area contributed by atoms with E-state index in [0.29, 0.717) is 0 Å². The molecule has 2 N–H and O–H groups in total. The van der Waals surface area contributed by atoms with Crippen LogP contribution in [-0.4, -0.2) is 44.3 Å². The van der Waals surface area contributed by atoms with E-state index in [1.165, 1.54) is 38.8 Å². The third kappa shape index (κ3) is 4.04. The SMILES string of the molecule is CCCn1ncnc1CC(N)C(C)(C)N1CCCCCC1. The van der Waals surface area contributed by atoms with Crippen molar-refractivity contribution >= 4 is 0 Å². The van der Waals surface area contributed by atoms with Crippen molar-refractivity contribution < 1.29 is 0 Å². The Labute approximate surface area is 128 Å². The maximum atomic E-state index is 6.57. The molecule has 1 aliphatic rings. The summed E-state index contributed by atoms with van der Waals surface area (Å²) in [6.07, 6.45) is 8.81. The van der Waals surface area contributed by atoms with Crippen LogP contribution in [0.15, 0.2) is 6.33 Å². The Morgan fingerprint density at radius 2 is 1.90 bits per heavy atom. The van der Waals surface area contributed by atoms with Gasteiger partial charge in [0.15, 0.2) is 0 Å². The Morgan fingerprint density at radius 1 is 1.24 bits per heavy atom. The fourth-order valence-corrected chi connectivity index (χ4v) is 3.17. The van der Waals surface area contributed by atoms with Gasteiger partial charge >= 0.3 is 0 Å². The highest BCUT2D eigenvalue weighted by Gasteiger charge is 2.34. The molecular formula is C16H31N5. The average Bonchev–Trinajstić information content (AvgIpc) is 2.73. The van der Waals surface area contributed by atoms with Crippen LogP contribution in [0.2, 0.25) is 0 Å². The molecule has 2 heterocycles. The first kappa shape index (κ1) is 16.4. The summed E-state index contributed by atoms with van der Waals surface area (Å²) in [5, 5.41) is 4.30. The van der Waals surface area contributed by atoms with Crippen LogP contribution in [0.4, 0.5) is 0 Å². The number of hydrogen-bond acceptors (Lipinski definition) is 4. The van der Waals surface area contributed by atoms with Crippen LogP contribution in [0, 0.1) is 0 Å². The van der Waals surface area contributed by atoms with Crippen LogP contribution in [0.5, 0.6) is 0 Å². The number of likely N-dealkylation sites (tertiary alicyclic amines) is 1. The number of hydrogen-bond donors (Lipinski definition) is 1. The van der Waals surface area contributed by atoms with Crippen molar-refractivity contribution in [3.05, 3.63) is 12.2 Å². The molecule has 1 aromatic heterocycles. The number of nitrogens with zero attached hydrogens (tertiary/aromatic N) is 4. The smallest absolute Gasteiger partial charge is 0.138 e. The molecule has 1 unspecified atom stereocenters. The van der Waals surface area contributed by atoms with Gasteiger partial charge in [-0.2, -0.15) is 5.10 Å². The highest BCUT2D eigenvalue weighted by Crippen LogP contribution is 2.24. The van der Waals surface area contributed by atoms with Crippen LogP contribution >= 0.6 is 0 Å². The first-order chi connectivity index (χ1) is 10.1. The lowest BCUT2D eigenvalue weighted by Gasteiger charge is -2.42. The Bertz CT molecular complexity index is 418. The van der Waals surface area contributed by atoms with E-state index in [-0.39, 0.29) is 11.6 Å². The molecule has 1 saturated heterocycles. The Kier molecular flexibility index (Phi) is 5.76. The zero-order valence-electron chi connectivity index (χ0n) is 13.9. The lowest BCUT2D eigenvalue weighted by Crippen LogP contribution is -2.57. The number of aromatic nitrogens is 3. The van der Waals surface area contributed by atoms with Crippen LogP contribution < -0.4 is 5.73 Å². The van der Waals surface area contributed by atoms with Gasteiger partial charge in [0.1, 0.15) is 12.2 Å². The highest BCUT2D eigenvalue weighted by atomic mass is 15.3. The van der Waals surface area contributed by atoms with Crippen molar-refractivity contribution in [2.24, 2.45) is 5.73 Å². The molecule has 0 bridgehead atoms. The molecule has 1 fully saturated rings. The van der Waals surface area contributed by atoms with Gasteiger partial charge in [-0.1, -0.05) is 19.8 Å². The van der Waals surface area contributed by atoms with Gasteiger partial charge in [-0.3, -0.25) is 9.58 Å². The third-order valence-electron chi connectivity index (χ3n) is 4.86. The van der Waals surface area contributed by atoms with Crippen molar-refractivity contribution in [3.8, 4) is 0 Å². The van der Waals surface area contributed by atoms with E-state index in [2.05, 4.69) is 35.8 Å². The van der Waals surface area contributed by atoms with E-state index in [4.69, 9.17) is 5.73 Å². The highest BCUT2D eigenvalue weighted by molar-refractivity contribution is 4.99. The Morgan fingerprint density at radius 3 is 2.52 bits per heavy atom. The van der Waals surface area contributed by atoms with Crippen molar-refractivity contribution in [2.75, 3.05) is 13.1 Å². The Balaban J connectivity index is 2.02. The molecule has 0 aromatic carbocycles. The molecule has 120 valence electrons. The van der Waals surface area contributed by atoms with Gasteiger partial charge in [0, 0.05) is 24.5 Å². The normalized spacial score (nSPS) is 19.4. The first-order valence-electron chi connectivity index (χ1n) is 8.43. The fraction of sp³-hybridized carbons (Fsp3) is 0.875. The van der Waals surface area contributed by atoms with E-state index in [1.807, 2.05) is 4.68 Å². The molecule has 0 radical (unpaired) electrons. The molecule has 1 atom stereocenters. The summed E-state index contributed by atoms with van der Waals surface area (Å²) in [4.78, 5) is 6.98. The second kappa shape index (κ2) is 7.36. The molecular weight excluding hydrogens is 262 g/mol. The number of nitrogens with two attached hydrogens (primary N) is 1. The third-order valence-corrected chi connectivity index (χ3v) is 4.86. The Hall–Kier alpha value is -0.940. The van der Waals surface area contributed by atoms with E-state index in [9.17, 15) is 0 Å². The van der Waals surface area contributed by atoms with Crippen molar-refractivity contribution in [2.45, 2.75) is 77.4 Å². The van der Waals surface area contributed by atoms with Crippen molar-refractivity contribution in [1.29, 1.82) is 0 Å². The molecule has 1 aliphatic heterocycles. The quantitative estimate of drug-likeness (QED) is 0.873. The summed E-state index contributed by atoms with van der Waals surface area (Å²) >= 11 is 0. The molecule has 0 amide bonds. The standard InChI is InChI=1S/C16H31N5/c1-4-9-21-15(18-13-19-21)12-14(17)16(2,3)20-10-7-5-6-8-11-20/h13-14H,4-12,17H2,1-3H3. The van der Waals surface area contributed by atoms with E-state index < -0.39 is 0 Å². The summed E-state index contributed by atoms with van der Waals surface area (Å²) in [6.45, 7) is 9.98. The van der Waals surface area contributed by atoms with E-state index in [1.54, 1.807) is 6.33 Å². The first-order valence-corrected chi connectivity index (χ1v) is 8.43. The zero-order valence-corrected chi connectivity index (χ0v) is 13.9. The molecule has 0 spiro atoms. The largest absolute Gasteiger partial charge is 0.326 e. The van der Waals surface area contributed by atoms with Crippen LogP contribution in [-0.2, 0) is 13.0 Å². The van der Waals surface area contributed by atoms with Gasteiger partial charge < -0.3 is 5.73 Å². The van der Waals surface area contributed by atoms with E-state index in [0.717, 1.165) is 25.2 Å². The summed E-state index contributed by atoms with van der Waals surface area (Å²) in [7, 11) is 0. The predicted octanol–water partition coefficient (Wildman–Crippen LogP) is 2.21. The molecule has 0 aliphatic carbocycles. The van der Waals surface area contributed by atoms with Crippen LogP contribution in [0.1, 0.15) is 58.7 Å². The van der Waals surface area contributed by atoms with Gasteiger partial charge in [0.25, 0.3) is 0 Å². The van der Waals surface area contributed by atoms with Gasteiger partial charge in [-0.25, -0.2) is 4.98 Å². The second-order valence-electron chi connectivity index (χ2n) is 6.76. The summed E-state index contributed by atoms with van der Waals surface area (Å²) in [6, 6.07) is 0.0791. The number of aryl methyl sites for hydroxylation is 1. The monoisotopic (exact) mass is 293 g/mol. The minimum Gasteiger partial charge on any atom is -0.326 e. The topological polar surface area (TPSA) is 60.0 Å². The molecule has 1 aromatic rings. The van der Waals surface area contributed by atoms with Crippen LogP contribution in [0.3, 0.4) is 0 Å². The molecule has 5 heteroatoms.